The van der Waals surface area contributed by atoms with Crippen LogP contribution in [0.4, 0.5) is 0 Å². The lowest BCUT2D eigenvalue weighted by Crippen LogP contribution is -2.24. The predicted molar refractivity (Wildman–Crippen MR) is 68.9 cm³/mol. The lowest BCUT2D eigenvalue weighted by atomic mass is 10.2. The van der Waals surface area contributed by atoms with Crippen molar-refractivity contribution in [2.24, 2.45) is 10.9 Å². The second-order valence-corrected chi connectivity index (χ2v) is 4.26. The maximum absolute atomic E-state index is 8.52. The molecule has 1 unspecified atom stereocenters. The van der Waals surface area contributed by atoms with Gasteiger partial charge in [-0.2, -0.15) is 0 Å². The van der Waals surface area contributed by atoms with E-state index in [1.165, 1.54) is 0 Å². The fourth-order valence-electron chi connectivity index (χ4n) is 1.43. The summed E-state index contributed by atoms with van der Waals surface area (Å²) in [7, 11) is 0. The third-order valence-corrected chi connectivity index (χ3v) is 2.88. The first-order chi connectivity index (χ1) is 8.06. The lowest BCUT2D eigenvalue weighted by Gasteiger charge is -2.17. The smallest absolute Gasteiger partial charge is 0.142 e. The van der Waals surface area contributed by atoms with Gasteiger partial charge in [0, 0.05) is 11.4 Å². The number of oxime groups is 1. The van der Waals surface area contributed by atoms with Crippen LogP contribution in [-0.2, 0) is 0 Å². The second kappa shape index (κ2) is 6.35. The molecule has 0 saturated heterocycles. The molecule has 4 nitrogen and oxygen atoms in total. The van der Waals surface area contributed by atoms with Crippen molar-refractivity contribution in [3.05, 3.63) is 28.8 Å². The van der Waals surface area contributed by atoms with E-state index in [1.54, 1.807) is 6.07 Å². The largest absolute Gasteiger partial charge is 0.490 e. The number of hydrogen-bond donors (Lipinski definition) is 2. The minimum Gasteiger partial charge on any atom is -0.490 e. The van der Waals surface area contributed by atoms with Crippen LogP contribution in [-0.4, -0.2) is 17.1 Å². The van der Waals surface area contributed by atoms with Gasteiger partial charge in [-0.25, -0.2) is 0 Å². The summed E-state index contributed by atoms with van der Waals surface area (Å²) in [5.41, 5.74) is 6.42. The van der Waals surface area contributed by atoms with Crippen molar-refractivity contribution < 1.29 is 9.94 Å². The summed E-state index contributed by atoms with van der Waals surface area (Å²) < 4.78 is 5.74. The summed E-state index contributed by atoms with van der Waals surface area (Å²) in [6.07, 6.45) is 1.07. The fraction of sp³-hybridized carbons (Fsp3) is 0.417. The van der Waals surface area contributed by atoms with E-state index >= 15 is 0 Å². The maximum Gasteiger partial charge on any atom is 0.142 e. The Morgan fingerprint density at radius 1 is 1.59 bits per heavy atom. The number of amidine groups is 1. The van der Waals surface area contributed by atoms with E-state index in [9.17, 15) is 0 Å². The van der Waals surface area contributed by atoms with Gasteiger partial charge < -0.3 is 15.7 Å². The summed E-state index contributed by atoms with van der Waals surface area (Å²) in [5, 5.41) is 12.2. The van der Waals surface area contributed by atoms with Crippen LogP contribution in [0.1, 0.15) is 25.3 Å². The molecule has 0 spiro atoms. The minimum absolute atomic E-state index is 0.105. The molecule has 0 amide bonds. The summed E-state index contributed by atoms with van der Waals surface area (Å²) in [6, 6.07) is 5.48. The molecule has 94 valence electrons. The van der Waals surface area contributed by atoms with Crippen LogP contribution in [0.25, 0.3) is 0 Å². The quantitative estimate of drug-likeness (QED) is 0.368. The average molecular weight is 257 g/mol. The molecule has 0 fully saturated rings. The van der Waals surface area contributed by atoms with Crippen molar-refractivity contribution in [3.8, 4) is 5.75 Å². The molecular weight excluding hydrogens is 240 g/mol. The van der Waals surface area contributed by atoms with Gasteiger partial charge in [-0.05, 0) is 37.1 Å². The number of nitrogens with zero attached hydrogens (tertiary/aromatic N) is 1. The molecule has 0 saturated carbocycles. The van der Waals surface area contributed by atoms with E-state index in [1.807, 2.05) is 26.0 Å². The Morgan fingerprint density at radius 2 is 2.29 bits per heavy atom. The Labute approximate surface area is 106 Å². The number of ether oxygens (including phenoxy) is 1. The van der Waals surface area contributed by atoms with E-state index in [2.05, 4.69) is 5.16 Å². The van der Waals surface area contributed by atoms with Gasteiger partial charge in [0.2, 0.25) is 0 Å². The second-order valence-electron chi connectivity index (χ2n) is 3.85. The van der Waals surface area contributed by atoms with Crippen LogP contribution < -0.4 is 10.5 Å². The molecule has 0 aliphatic heterocycles. The topological polar surface area (TPSA) is 67.8 Å². The molecule has 0 heterocycles. The molecule has 0 aliphatic carbocycles. The van der Waals surface area contributed by atoms with Crippen molar-refractivity contribution in [2.75, 3.05) is 0 Å². The first-order valence-corrected chi connectivity index (χ1v) is 5.83. The van der Waals surface area contributed by atoms with Gasteiger partial charge >= 0.3 is 0 Å². The maximum atomic E-state index is 8.52. The highest BCUT2D eigenvalue weighted by atomic mass is 35.5. The third-order valence-electron chi connectivity index (χ3n) is 2.45. The predicted octanol–water partition coefficient (Wildman–Crippen LogP) is 2.94. The van der Waals surface area contributed by atoms with Gasteiger partial charge in [0.25, 0.3) is 0 Å². The molecule has 1 atom stereocenters. The Bertz CT molecular complexity index is 407. The van der Waals surface area contributed by atoms with Crippen LogP contribution in [0.2, 0.25) is 5.02 Å². The summed E-state index contributed by atoms with van der Waals surface area (Å²) in [4.78, 5) is 0. The molecule has 5 heteroatoms. The normalized spacial score (nSPS) is 13.5. The first-order valence-electron chi connectivity index (χ1n) is 5.46. The van der Waals surface area contributed by atoms with Crippen molar-refractivity contribution in [1.82, 2.24) is 0 Å². The van der Waals surface area contributed by atoms with Gasteiger partial charge in [-0.3, -0.25) is 0 Å². The molecule has 17 heavy (non-hydrogen) atoms. The molecule has 1 rings (SSSR count). The van der Waals surface area contributed by atoms with Gasteiger partial charge in [0.15, 0.2) is 0 Å². The summed E-state index contributed by atoms with van der Waals surface area (Å²) >= 11 is 5.93. The highest BCUT2D eigenvalue weighted by molar-refractivity contribution is 6.31. The van der Waals surface area contributed by atoms with E-state index in [0.717, 1.165) is 17.7 Å². The Morgan fingerprint density at radius 3 is 2.82 bits per heavy atom. The zero-order valence-corrected chi connectivity index (χ0v) is 10.7. The van der Waals surface area contributed by atoms with E-state index in [0.29, 0.717) is 11.4 Å². The molecule has 1 aromatic carbocycles. The zero-order valence-electron chi connectivity index (χ0n) is 9.98. The highest BCUT2D eigenvalue weighted by Crippen LogP contribution is 2.22. The van der Waals surface area contributed by atoms with Crippen molar-refractivity contribution in [1.29, 1.82) is 0 Å². The highest BCUT2D eigenvalue weighted by Gasteiger charge is 2.11. The monoisotopic (exact) mass is 256 g/mol. The van der Waals surface area contributed by atoms with Crippen LogP contribution in [0.5, 0.6) is 5.75 Å². The number of halogens is 1. The van der Waals surface area contributed by atoms with Crippen molar-refractivity contribution >= 4 is 17.4 Å². The van der Waals surface area contributed by atoms with Gasteiger partial charge in [-0.1, -0.05) is 23.7 Å². The minimum atomic E-state index is -0.105. The number of benzene rings is 1. The van der Waals surface area contributed by atoms with Crippen LogP contribution in [0.15, 0.2) is 23.4 Å². The van der Waals surface area contributed by atoms with Crippen molar-refractivity contribution in [3.63, 3.8) is 0 Å². The van der Waals surface area contributed by atoms with Crippen LogP contribution >= 0.6 is 11.6 Å². The first kappa shape index (κ1) is 13.6. The fourth-order valence-corrected chi connectivity index (χ4v) is 1.54. The van der Waals surface area contributed by atoms with Gasteiger partial charge in [0.05, 0.1) is 0 Å². The Balaban J connectivity index is 2.70. The number of nitrogens with two attached hydrogens (primary N) is 1. The number of rotatable bonds is 5. The molecule has 1 aromatic rings. The summed E-state index contributed by atoms with van der Waals surface area (Å²) in [5.74, 6) is 0.909. The lowest BCUT2D eigenvalue weighted by molar-refractivity contribution is 0.202. The van der Waals surface area contributed by atoms with Gasteiger partial charge in [0.1, 0.15) is 17.7 Å². The third kappa shape index (κ3) is 4.15. The standard InChI is InChI=1S/C12H17ClN2O2/c1-3-9(7-12(14)15-16)17-10-4-5-11(13)8(2)6-10/h4-6,9,16H,3,7H2,1-2H3,(H2,14,15). The molecular formula is C12H17ClN2O2. The molecule has 0 bridgehead atoms. The molecule has 0 aromatic heterocycles. The summed E-state index contributed by atoms with van der Waals surface area (Å²) in [6.45, 7) is 3.90. The Kier molecular flexibility index (Phi) is 5.10. The molecule has 0 radical (unpaired) electrons. The SMILES string of the molecule is CCC(C/C(N)=N/O)Oc1ccc(Cl)c(C)c1. The van der Waals surface area contributed by atoms with E-state index in [4.69, 9.17) is 27.3 Å². The molecule has 0 aliphatic rings. The van der Waals surface area contributed by atoms with Crippen molar-refractivity contribution in [2.45, 2.75) is 32.8 Å². The zero-order chi connectivity index (χ0) is 12.8. The number of hydrogen-bond acceptors (Lipinski definition) is 3. The van der Waals surface area contributed by atoms with Crippen LogP contribution in [0.3, 0.4) is 0 Å². The van der Waals surface area contributed by atoms with E-state index < -0.39 is 0 Å². The van der Waals surface area contributed by atoms with Crippen LogP contribution in [0, 0.1) is 6.92 Å². The number of aryl methyl sites for hydroxylation is 1. The molecule has 3 N–H and O–H groups in total. The van der Waals surface area contributed by atoms with Gasteiger partial charge in [-0.15, -0.1) is 0 Å². The Hall–Kier alpha value is -1.42. The average Bonchev–Trinajstić information content (AvgIpc) is 2.32. The van der Waals surface area contributed by atoms with E-state index in [-0.39, 0.29) is 11.9 Å².